The number of benzene rings is 2. The third kappa shape index (κ3) is 6.32. The van der Waals surface area contributed by atoms with Gasteiger partial charge in [0.05, 0.1) is 31.2 Å². The number of nitrogens with zero attached hydrogens (tertiary/aromatic N) is 4. The minimum Gasteiger partial charge on any atom is -0.496 e. The van der Waals surface area contributed by atoms with Gasteiger partial charge in [-0.25, -0.2) is 13.4 Å². The van der Waals surface area contributed by atoms with E-state index in [0.717, 1.165) is 5.56 Å². The van der Waals surface area contributed by atoms with E-state index < -0.39 is 10.0 Å². The van der Waals surface area contributed by atoms with Crippen LogP contribution in [0.3, 0.4) is 0 Å². The van der Waals surface area contributed by atoms with Crippen LogP contribution in [0.2, 0.25) is 0 Å². The zero-order valence-electron chi connectivity index (χ0n) is 22.8. The van der Waals surface area contributed by atoms with Gasteiger partial charge in [0.2, 0.25) is 5.88 Å². The van der Waals surface area contributed by atoms with Crippen LogP contribution in [0.15, 0.2) is 70.7 Å². The van der Waals surface area contributed by atoms with Crippen molar-refractivity contribution < 1.29 is 22.7 Å². The minimum absolute atomic E-state index is 0.000931. The Morgan fingerprint density at radius 1 is 1.10 bits per heavy atom. The first-order valence-corrected chi connectivity index (χ1v) is 14.2. The maximum absolute atomic E-state index is 13.4. The number of amides is 1. The Hall–Kier alpha value is -4.22. The lowest BCUT2D eigenvalue weighted by Gasteiger charge is -2.35. The highest BCUT2D eigenvalue weighted by Gasteiger charge is 2.26. The Kier molecular flexibility index (Phi) is 9.18. The molecule has 1 fully saturated rings. The molecular formula is C29H33N5O5S. The van der Waals surface area contributed by atoms with Crippen molar-refractivity contribution >= 4 is 40.1 Å². The van der Waals surface area contributed by atoms with E-state index in [0.29, 0.717) is 49.7 Å². The number of rotatable bonds is 10. The molecule has 2 aromatic carbocycles. The summed E-state index contributed by atoms with van der Waals surface area (Å²) in [5.41, 5.74) is 2.51. The molecule has 210 valence electrons. The molecule has 0 radical (unpaired) electrons. The number of carbonyl (C=O) groups excluding carboxylic acids is 1. The Labute approximate surface area is 235 Å². The number of pyridine rings is 1. The number of allylic oxidation sites excluding steroid dienone is 1. The molecule has 3 aromatic rings. The summed E-state index contributed by atoms with van der Waals surface area (Å²) in [6.07, 6.45) is 5.26. The van der Waals surface area contributed by atoms with Crippen LogP contribution in [0.4, 0.5) is 11.4 Å². The lowest BCUT2D eigenvalue weighted by Crippen LogP contribution is -2.48. The predicted molar refractivity (Wildman–Crippen MR) is 156 cm³/mol. The van der Waals surface area contributed by atoms with Gasteiger partial charge in [0, 0.05) is 56.1 Å². The van der Waals surface area contributed by atoms with Crippen molar-refractivity contribution in [2.45, 2.75) is 18.4 Å². The van der Waals surface area contributed by atoms with E-state index in [9.17, 15) is 13.2 Å². The molecule has 0 unspecified atom stereocenters. The SMILES string of the molecule is C=Nc1c(/C=C\C)cccc1S(=O)(=O)Nc1ccc(C(=O)N2CCN(Cc3cccnc3OC)CC2)c(OC)c1. The molecule has 2 heterocycles. The van der Waals surface area contributed by atoms with Gasteiger partial charge in [-0.05, 0) is 37.9 Å². The highest BCUT2D eigenvalue weighted by molar-refractivity contribution is 7.92. The van der Waals surface area contributed by atoms with Crippen LogP contribution in [0.5, 0.6) is 11.6 Å². The number of nitrogens with one attached hydrogen (secondary N) is 1. The lowest BCUT2D eigenvalue weighted by molar-refractivity contribution is 0.0624. The Morgan fingerprint density at radius 2 is 1.88 bits per heavy atom. The van der Waals surface area contributed by atoms with Gasteiger partial charge in [0.25, 0.3) is 15.9 Å². The van der Waals surface area contributed by atoms with Crippen molar-refractivity contribution in [3.8, 4) is 11.6 Å². The molecule has 0 bridgehead atoms. The highest BCUT2D eigenvalue weighted by Crippen LogP contribution is 2.32. The predicted octanol–water partition coefficient (Wildman–Crippen LogP) is 4.22. The van der Waals surface area contributed by atoms with Gasteiger partial charge in [-0.3, -0.25) is 19.4 Å². The van der Waals surface area contributed by atoms with Gasteiger partial charge in [0.15, 0.2) is 0 Å². The summed E-state index contributed by atoms with van der Waals surface area (Å²) in [6, 6.07) is 13.4. The van der Waals surface area contributed by atoms with Crippen molar-refractivity contribution in [3.63, 3.8) is 0 Å². The van der Waals surface area contributed by atoms with E-state index >= 15 is 0 Å². The van der Waals surface area contributed by atoms with E-state index in [1.165, 1.54) is 19.2 Å². The molecule has 1 aliphatic rings. The normalized spacial score (nSPS) is 14.2. The number of para-hydroxylation sites is 1. The number of sulfonamides is 1. The third-order valence-electron chi connectivity index (χ3n) is 6.60. The molecule has 1 aliphatic heterocycles. The second-order valence-electron chi connectivity index (χ2n) is 9.11. The van der Waals surface area contributed by atoms with Crippen LogP contribution in [-0.4, -0.2) is 76.2 Å². The maximum Gasteiger partial charge on any atom is 0.264 e. The number of anilines is 1. The minimum atomic E-state index is -4.00. The fraction of sp³-hybridized carbons (Fsp3) is 0.276. The van der Waals surface area contributed by atoms with Crippen molar-refractivity contribution in [2.75, 3.05) is 45.1 Å². The molecule has 1 N–H and O–H groups in total. The van der Waals surface area contributed by atoms with Crippen molar-refractivity contribution in [1.82, 2.24) is 14.8 Å². The van der Waals surface area contributed by atoms with Crippen LogP contribution in [0.25, 0.3) is 6.08 Å². The number of methoxy groups -OCH3 is 2. The second-order valence-corrected chi connectivity index (χ2v) is 10.8. The molecule has 1 saturated heterocycles. The standard InChI is InChI=1S/C29H33N5O5S/c1-5-8-21-9-6-11-26(27(21)30-2)40(36,37)32-23-12-13-24(25(19-23)38-3)29(35)34-17-15-33(16-18-34)20-22-10-7-14-31-28(22)39-4/h5-14,19,32H,2,15-18,20H2,1,3-4H3/b8-5-. The second kappa shape index (κ2) is 12.8. The Morgan fingerprint density at radius 3 is 2.55 bits per heavy atom. The molecule has 10 nitrogen and oxygen atoms in total. The number of aromatic nitrogens is 1. The van der Waals surface area contributed by atoms with Gasteiger partial charge in [-0.15, -0.1) is 0 Å². The van der Waals surface area contributed by atoms with Crippen LogP contribution >= 0.6 is 0 Å². The summed E-state index contributed by atoms with van der Waals surface area (Å²) in [5.74, 6) is 0.698. The maximum atomic E-state index is 13.4. The van der Waals surface area contributed by atoms with E-state index in [1.54, 1.807) is 54.6 Å². The van der Waals surface area contributed by atoms with Gasteiger partial charge in [0.1, 0.15) is 10.6 Å². The zero-order chi connectivity index (χ0) is 28.7. The number of piperazine rings is 1. The Balaban J connectivity index is 1.47. The molecule has 11 heteroatoms. The first kappa shape index (κ1) is 28.8. The summed E-state index contributed by atoms with van der Waals surface area (Å²) >= 11 is 0. The largest absolute Gasteiger partial charge is 0.496 e. The topological polar surface area (TPSA) is 113 Å². The summed E-state index contributed by atoms with van der Waals surface area (Å²) in [5, 5.41) is 0. The first-order chi connectivity index (χ1) is 19.3. The van der Waals surface area contributed by atoms with E-state index in [1.807, 2.05) is 19.1 Å². The fourth-order valence-corrected chi connectivity index (χ4v) is 5.87. The smallest absolute Gasteiger partial charge is 0.264 e. The molecule has 0 aliphatic carbocycles. The highest BCUT2D eigenvalue weighted by atomic mass is 32.2. The molecular weight excluding hydrogens is 530 g/mol. The number of aliphatic imine (C=N–C) groups is 1. The number of carbonyl (C=O) groups is 1. The quantitative estimate of drug-likeness (QED) is 0.368. The molecule has 0 spiro atoms. The fourth-order valence-electron chi connectivity index (χ4n) is 4.63. The molecule has 1 aromatic heterocycles. The summed E-state index contributed by atoms with van der Waals surface area (Å²) in [7, 11) is -0.950. The molecule has 0 saturated carbocycles. The lowest BCUT2D eigenvalue weighted by atomic mass is 10.1. The van der Waals surface area contributed by atoms with Crippen LogP contribution in [0.1, 0.15) is 28.4 Å². The zero-order valence-corrected chi connectivity index (χ0v) is 23.6. The summed E-state index contributed by atoms with van der Waals surface area (Å²) in [6.45, 7) is 8.52. The number of hydrogen-bond acceptors (Lipinski definition) is 8. The molecule has 40 heavy (non-hydrogen) atoms. The van der Waals surface area contributed by atoms with Gasteiger partial charge >= 0.3 is 0 Å². The van der Waals surface area contributed by atoms with Crippen molar-refractivity contribution in [1.29, 1.82) is 0 Å². The Bertz CT molecular complexity index is 1510. The number of hydrogen-bond donors (Lipinski definition) is 1. The first-order valence-electron chi connectivity index (χ1n) is 12.7. The average molecular weight is 564 g/mol. The molecule has 0 atom stereocenters. The van der Waals surface area contributed by atoms with Gasteiger partial charge in [-0.1, -0.05) is 30.4 Å². The monoisotopic (exact) mass is 563 g/mol. The summed E-state index contributed by atoms with van der Waals surface area (Å²) in [4.78, 5) is 25.6. The molecule has 4 rings (SSSR count). The van der Waals surface area contributed by atoms with Crippen molar-refractivity contribution in [2.24, 2.45) is 4.99 Å². The van der Waals surface area contributed by atoms with E-state index in [2.05, 4.69) is 26.3 Å². The van der Waals surface area contributed by atoms with Crippen LogP contribution in [0, 0.1) is 0 Å². The van der Waals surface area contributed by atoms with Crippen LogP contribution in [-0.2, 0) is 16.6 Å². The van der Waals surface area contributed by atoms with Gasteiger partial charge in [-0.2, -0.15) is 0 Å². The number of ether oxygens (including phenoxy) is 2. The average Bonchev–Trinajstić information content (AvgIpc) is 2.97. The summed E-state index contributed by atoms with van der Waals surface area (Å²) < 4.78 is 39.9. The van der Waals surface area contributed by atoms with E-state index in [4.69, 9.17) is 9.47 Å². The third-order valence-corrected chi connectivity index (χ3v) is 8.02. The molecule has 1 amide bonds. The van der Waals surface area contributed by atoms with Crippen LogP contribution < -0.4 is 14.2 Å². The van der Waals surface area contributed by atoms with Gasteiger partial charge < -0.3 is 14.4 Å². The van der Waals surface area contributed by atoms with E-state index in [-0.39, 0.29) is 27.9 Å². The van der Waals surface area contributed by atoms with Crippen molar-refractivity contribution in [3.05, 3.63) is 77.5 Å².